The molecule has 0 saturated heterocycles. The van der Waals surface area contributed by atoms with Gasteiger partial charge in [-0.1, -0.05) is 41.9 Å². The highest BCUT2D eigenvalue weighted by molar-refractivity contribution is 6.31. The van der Waals surface area contributed by atoms with Crippen molar-refractivity contribution in [1.29, 1.82) is 0 Å². The van der Waals surface area contributed by atoms with Crippen molar-refractivity contribution in [3.05, 3.63) is 58.1 Å². The van der Waals surface area contributed by atoms with Gasteiger partial charge in [-0.25, -0.2) is 0 Å². The maximum atomic E-state index is 13.0. The topological polar surface area (TPSA) is 0 Å². The second kappa shape index (κ2) is 3.75. The zero-order chi connectivity index (χ0) is 12.9. The lowest BCUT2D eigenvalue weighted by molar-refractivity contribution is -0.138. The molecule has 0 nitrogen and oxygen atoms in total. The SMILES string of the molecule is FC(F)(F)c1c(Cl)ccc2c1Cc1ccccc1-2. The number of fused-ring (bicyclic) bond motifs is 3. The Morgan fingerprint density at radius 3 is 2.39 bits per heavy atom. The van der Waals surface area contributed by atoms with Gasteiger partial charge in [-0.05, 0) is 34.7 Å². The minimum Gasteiger partial charge on any atom is -0.166 e. The molecule has 1 aliphatic carbocycles. The summed E-state index contributed by atoms with van der Waals surface area (Å²) in [5.74, 6) is 0. The van der Waals surface area contributed by atoms with Crippen LogP contribution in [0.15, 0.2) is 36.4 Å². The minimum atomic E-state index is -4.41. The van der Waals surface area contributed by atoms with E-state index >= 15 is 0 Å². The average molecular weight is 269 g/mol. The van der Waals surface area contributed by atoms with E-state index in [1.807, 2.05) is 24.3 Å². The molecule has 0 fully saturated rings. The lowest BCUT2D eigenvalue weighted by atomic mass is 10.0. The highest BCUT2D eigenvalue weighted by Crippen LogP contribution is 2.46. The molecule has 0 atom stereocenters. The molecule has 1 aliphatic rings. The monoisotopic (exact) mass is 268 g/mol. The normalized spacial score (nSPS) is 13.3. The highest BCUT2D eigenvalue weighted by atomic mass is 35.5. The fraction of sp³-hybridized carbons (Fsp3) is 0.143. The quantitative estimate of drug-likeness (QED) is 0.542. The van der Waals surface area contributed by atoms with Crippen LogP contribution in [-0.4, -0.2) is 0 Å². The molecule has 0 amide bonds. The van der Waals surface area contributed by atoms with E-state index < -0.39 is 11.7 Å². The number of hydrogen-bond acceptors (Lipinski definition) is 0. The van der Waals surface area contributed by atoms with Crippen LogP contribution in [0, 0.1) is 0 Å². The molecule has 0 bridgehead atoms. The maximum Gasteiger partial charge on any atom is 0.418 e. The van der Waals surface area contributed by atoms with Crippen LogP contribution in [0.25, 0.3) is 11.1 Å². The van der Waals surface area contributed by atoms with Crippen LogP contribution in [0.5, 0.6) is 0 Å². The number of alkyl halides is 3. The number of benzene rings is 2. The Morgan fingerprint density at radius 1 is 0.944 bits per heavy atom. The van der Waals surface area contributed by atoms with E-state index in [1.54, 1.807) is 6.07 Å². The third kappa shape index (κ3) is 1.62. The molecule has 92 valence electrons. The van der Waals surface area contributed by atoms with Crippen molar-refractivity contribution in [1.82, 2.24) is 0 Å². The molecule has 2 aromatic carbocycles. The molecule has 4 heteroatoms. The van der Waals surface area contributed by atoms with E-state index in [9.17, 15) is 13.2 Å². The Kier molecular flexibility index (Phi) is 2.42. The lowest BCUT2D eigenvalue weighted by Crippen LogP contribution is -2.09. The van der Waals surface area contributed by atoms with Gasteiger partial charge in [-0.3, -0.25) is 0 Å². The fourth-order valence-electron chi connectivity index (χ4n) is 2.49. The summed E-state index contributed by atoms with van der Waals surface area (Å²) in [4.78, 5) is 0. The zero-order valence-corrected chi connectivity index (χ0v) is 9.94. The number of hydrogen-bond donors (Lipinski definition) is 0. The second-order valence-electron chi connectivity index (χ2n) is 4.28. The molecule has 0 heterocycles. The number of rotatable bonds is 0. The summed E-state index contributed by atoms with van der Waals surface area (Å²) in [6.45, 7) is 0. The molecule has 2 aromatic rings. The van der Waals surface area contributed by atoms with Crippen LogP contribution >= 0.6 is 11.6 Å². The molecular formula is C14H8ClF3. The molecule has 0 spiro atoms. The largest absolute Gasteiger partial charge is 0.418 e. The molecule has 18 heavy (non-hydrogen) atoms. The van der Waals surface area contributed by atoms with Gasteiger partial charge in [0.25, 0.3) is 0 Å². The van der Waals surface area contributed by atoms with Crippen LogP contribution < -0.4 is 0 Å². The molecule has 3 rings (SSSR count). The van der Waals surface area contributed by atoms with Gasteiger partial charge >= 0.3 is 6.18 Å². The third-order valence-electron chi connectivity index (χ3n) is 3.22. The van der Waals surface area contributed by atoms with Gasteiger partial charge in [-0.15, -0.1) is 0 Å². The van der Waals surface area contributed by atoms with E-state index in [-0.39, 0.29) is 10.6 Å². The Hall–Kier alpha value is -1.48. The summed E-state index contributed by atoms with van der Waals surface area (Å²) < 4.78 is 39.1. The molecule has 0 aliphatic heterocycles. The van der Waals surface area contributed by atoms with Crippen molar-refractivity contribution in [2.75, 3.05) is 0 Å². The molecule has 0 radical (unpaired) electrons. The average Bonchev–Trinajstić information content (AvgIpc) is 2.64. The van der Waals surface area contributed by atoms with E-state index in [4.69, 9.17) is 11.6 Å². The molecule has 0 unspecified atom stereocenters. The first-order chi connectivity index (χ1) is 8.48. The van der Waals surface area contributed by atoms with Gasteiger partial charge in [0.1, 0.15) is 0 Å². The van der Waals surface area contributed by atoms with Crippen molar-refractivity contribution < 1.29 is 13.2 Å². The van der Waals surface area contributed by atoms with Gasteiger partial charge in [0.15, 0.2) is 0 Å². The van der Waals surface area contributed by atoms with Crippen molar-refractivity contribution in [3.63, 3.8) is 0 Å². The minimum absolute atomic E-state index is 0.228. The van der Waals surface area contributed by atoms with Crippen LogP contribution in [0.2, 0.25) is 5.02 Å². The molecule has 0 aromatic heterocycles. The zero-order valence-electron chi connectivity index (χ0n) is 9.18. The Balaban J connectivity index is 2.29. The summed E-state index contributed by atoms with van der Waals surface area (Å²) >= 11 is 5.72. The van der Waals surface area contributed by atoms with Crippen molar-refractivity contribution in [2.45, 2.75) is 12.6 Å². The highest BCUT2D eigenvalue weighted by Gasteiger charge is 2.38. The van der Waals surface area contributed by atoms with Crippen LogP contribution in [0.3, 0.4) is 0 Å². The van der Waals surface area contributed by atoms with Crippen LogP contribution in [0.1, 0.15) is 16.7 Å². The lowest BCUT2D eigenvalue weighted by Gasteiger charge is -2.13. The first-order valence-electron chi connectivity index (χ1n) is 5.45. The summed E-state index contributed by atoms with van der Waals surface area (Å²) in [5, 5.41) is -0.228. The summed E-state index contributed by atoms with van der Waals surface area (Å²) in [6, 6.07) is 10.3. The summed E-state index contributed by atoms with van der Waals surface area (Å²) in [7, 11) is 0. The summed E-state index contributed by atoms with van der Waals surface area (Å²) in [6.07, 6.45) is -4.12. The Morgan fingerprint density at radius 2 is 1.67 bits per heavy atom. The van der Waals surface area contributed by atoms with Gasteiger partial charge in [0.2, 0.25) is 0 Å². The fourth-order valence-corrected chi connectivity index (χ4v) is 2.77. The van der Waals surface area contributed by atoms with Crippen LogP contribution in [-0.2, 0) is 12.6 Å². The first kappa shape index (κ1) is 11.6. The van der Waals surface area contributed by atoms with Crippen molar-refractivity contribution >= 4 is 11.6 Å². The van der Waals surface area contributed by atoms with Gasteiger partial charge in [0, 0.05) is 0 Å². The molecule has 0 saturated carbocycles. The molecule has 0 N–H and O–H groups in total. The maximum absolute atomic E-state index is 13.0. The molecular weight excluding hydrogens is 261 g/mol. The van der Waals surface area contributed by atoms with Gasteiger partial charge < -0.3 is 0 Å². The smallest absolute Gasteiger partial charge is 0.166 e. The Bertz CT molecular complexity index is 629. The van der Waals surface area contributed by atoms with Crippen molar-refractivity contribution in [3.8, 4) is 11.1 Å². The van der Waals surface area contributed by atoms with Gasteiger partial charge in [-0.2, -0.15) is 13.2 Å². The van der Waals surface area contributed by atoms with E-state index in [2.05, 4.69) is 0 Å². The van der Waals surface area contributed by atoms with Crippen molar-refractivity contribution in [2.24, 2.45) is 0 Å². The van der Waals surface area contributed by atoms with E-state index in [1.165, 1.54) is 6.07 Å². The Labute approximate surface area is 107 Å². The van der Waals surface area contributed by atoms with E-state index in [0.717, 1.165) is 11.1 Å². The standard InChI is InChI=1S/C14H8ClF3/c15-12-6-5-10-9-4-2-1-3-8(9)7-11(10)13(12)14(16,17)18/h1-6H,7H2. The predicted octanol–water partition coefficient (Wildman–Crippen LogP) is 4.93. The summed E-state index contributed by atoms with van der Waals surface area (Å²) in [5.41, 5.74) is 2.02. The third-order valence-corrected chi connectivity index (χ3v) is 3.54. The second-order valence-corrected chi connectivity index (χ2v) is 4.69. The number of halogens is 4. The van der Waals surface area contributed by atoms with Gasteiger partial charge in [0.05, 0.1) is 10.6 Å². The predicted molar refractivity (Wildman–Crippen MR) is 64.7 cm³/mol. The first-order valence-corrected chi connectivity index (χ1v) is 5.83. The van der Waals surface area contributed by atoms with Crippen LogP contribution in [0.4, 0.5) is 13.2 Å². The van der Waals surface area contributed by atoms with E-state index in [0.29, 0.717) is 12.0 Å².